The molecule has 0 aliphatic heterocycles. The molecule has 0 unspecified atom stereocenters. The fourth-order valence-corrected chi connectivity index (χ4v) is 1.98. The van der Waals surface area contributed by atoms with Crippen molar-refractivity contribution in [1.82, 2.24) is 0 Å². The van der Waals surface area contributed by atoms with Gasteiger partial charge in [-0.15, -0.1) is 0 Å². The molecule has 0 aliphatic rings. The van der Waals surface area contributed by atoms with Gasteiger partial charge in [-0.1, -0.05) is 36.7 Å². The molecule has 0 saturated carbocycles. The second-order valence-electron chi connectivity index (χ2n) is 4.53. The molecule has 0 aromatic heterocycles. The topological polar surface area (TPSA) is 21.6 Å². The minimum absolute atomic E-state index is 0.709. The van der Waals surface area contributed by atoms with E-state index in [2.05, 4.69) is 11.9 Å². The first-order valence-electron chi connectivity index (χ1n) is 6.73. The largest absolute Gasteiger partial charge is 0.493 e. The third-order valence-corrected chi connectivity index (χ3v) is 3.37. The van der Waals surface area contributed by atoms with Gasteiger partial charge in [-0.05, 0) is 43.2 Å². The van der Waals surface area contributed by atoms with Crippen molar-refractivity contribution in [2.24, 2.45) is 4.99 Å². The predicted molar refractivity (Wildman–Crippen MR) is 85.7 cm³/mol. The molecule has 2 aromatic carbocycles. The second kappa shape index (κ2) is 7.11. The molecule has 2 rings (SSSR count). The van der Waals surface area contributed by atoms with Crippen molar-refractivity contribution in [3.05, 3.63) is 58.6 Å². The Bertz CT molecular complexity index is 608. The molecule has 3 heteroatoms. The summed E-state index contributed by atoms with van der Waals surface area (Å²) < 4.78 is 5.71. The van der Waals surface area contributed by atoms with Crippen molar-refractivity contribution in [2.45, 2.75) is 20.3 Å². The maximum absolute atomic E-state index is 6.10. The van der Waals surface area contributed by atoms with Crippen molar-refractivity contribution in [1.29, 1.82) is 0 Å². The summed E-state index contributed by atoms with van der Waals surface area (Å²) in [4.78, 5) is 4.52. The Morgan fingerprint density at radius 2 is 1.95 bits per heavy atom. The zero-order chi connectivity index (χ0) is 14.4. The highest BCUT2D eigenvalue weighted by atomic mass is 35.5. The minimum Gasteiger partial charge on any atom is -0.493 e. The van der Waals surface area contributed by atoms with Gasteiger partial charge in [0.15, 0.2) is 0 Å². The fraction of sp³-hybridized carbons (Fsp3) is 0.235. The second-order valence-corrected chi connectivity index (χ2v) is 4.94. The highest BCUT2D eigenvalue weighted by molar-refractivity contribution is 6.31. The van der Waals surface area contributed by atoms with Crippen LogP contribution in [0.1, 0.15) is 24.5 Å². The van der Waals surface area contributed by atoms with Gasteiger partial charge in [0.25, 0.3) is 0 Å². The fourth-order valence-electron chi connectivity index (χ4n) is 1.81. The zero-order valence-electron chi connectivity index (χ0n) is 11.8. The molecular formula is C17H18ClNO. The summed E-state index contributed by atoms with van der Waals surface area (Å²) in [6.07, 6.45) is 2.81. The summed E-state index contributed by atoms with van der Waals surface area (Å²) in [7, 11) is 0. The minimum atomic E-state index is 0.709. The molecule has 0 N–H and O–H groups in total. The number of ether oxygens (including phenoxy) is 1. The molecule has 104 valence electrons. The van der Waals surface area contributed by atoms with Crippen molar-refractivity contribution in [3.8, 4) is 5.75 Å². The number of hydrogen-bond donors (Lipinski definition) is 0. The number of halogens is 1. The maximum Gasteiger partial charge on any atom is 0.128 e. The smallest absolute Gasteiger partial charge is 0.128 e. The first kappa shape index (κ1) is 14.6. The van der Waals surface area contributed by atoms with Crippen LogP contribution in [0.4, 0.5) is 5.69 Å². The van der Waals surface area contributed by atoms with E-state index in [0.29, 0.717) is 6.61 Å². The molecule has 0 amide bonds. The van der Waals surface area contributed by atoms with Gasteiger partial charge in [0.05, 0.1) is 12.3 Å². The summed E-state index contributed by atoms with van der Waals surface area (Å²) in [6, 6.07) is 13.6. The maximum atomic E-state index is 6.10. The molecule has 0 fully saturated rings. The third kappa shape index (κ3) is 3.61. The van der Waals surface area contributed by atoms with Crippen LogP contribution in [-0.4, -0.2) is 12.8 Å². The van der Waals surface area contributed by atoms with E-state index in [1.807, 2.05) is 55.6 Å². The molecule has 0 bridgehead atoms. The van der Waals surface area contributed by atoms with Crippen LogP contribution in [0.15, 0.2) is 47.5 Å². The van der Waals surface area contributed by atoms with E-state index in [1.165, 1.54) is 0 Å². The van der Waals surface area contributed by atoms with Crippen molar-refractivity contribution in [3.63, 3.8) is 0 Å². The lowest BCUT2D eigenvalue weighted by Gasteiger charge is -2.07. The van der Waals surface area contributed by atoms with Gasteiger partial charge in [0.2, 0.25) is 0 Å². The highest BCUT2D eigenvalue weighted by Crippen LogP contribution is 2.26. The van der Waals surface area contributed by atoms with Crippen molar-refractivity contribution < 1.29 is 4.74 Å². The summed E-state index contributed by atoms with van der Waals surface area (Å²) in [5, 5.41) is 0.732. The molecule has 0 radical (unpaired) electrons. The predicted octanol–water partition coefficient (Wildman–Crippen LogP) is 5.19. The van der Waals surface area contributed by atoms with Gasteiger partial charge < -0.3 is 4.74 Å². The molecule has 0 aliphatic carbocycles. The lowest BCUT2D eigenvalue weighted by atomic mass is 10.2. The summed E-state index contributed by atoms with van der Waals surface area (Å²) in [6.45, 7) is 4.77. The first-order valence-corrected chi connectivity index (χ1v) is 7.11. The van der Waals surface area contributed by atoms with Gasteiger partial charge in [-0.3, -0.25) is 4.99 Å². The van der Waals surface area contributed by atoms with E-state index in [-0.39, 0.29) is 0 Å². The summed E-state index contributed by atoms with van der Waals surface area (Å²) in [5.74, 6) is 0.859. The van der Waals surface area contributed by atoms with Crippen LogP contribution in [0.2, 0.25) is 5.02 Å². The number of benzene rings is 2. The van der Waals surface area contributed by atoms with Gasteiger partial charge in [0, 0.05) is 16.8 Å². The van der Waals surface area contributed by atoms with Crippen LogP contribution in [0.25, 0.3) is 0 Å². The quantitative estimate of drug-likeness (QED) is 0.694. The van der Waals surface area contributed by atoms with E-state index in [4.69, 9.17) is 16.3 Å². The van der Waals surface area contributed by atoms with Crippen LogP contribution in [-0.2, 0) is 0 Å². The molecule has 2 nitrogen and oxygen atoms in total. The lowest BCUT2D eigenvalue weighted by molar-refractivity contribution is 0.317. The Balaban J connectivity index is 2.25. The monoisotopic (exact) mass is 287 g/mol. The van der Waals surface area contributed by atoms with Gasteiger partial charge >= 0.3 is 0 Å². The van der Waals surface area contributed by atoms with E-state index in [1.54, 1.807) is 0 Å². The number of aliphatic imine (C=N–C) groups is 1. The van der Waals surface area contributed by atoms with Crippen LogP contribution in [0.5, 0.6) is 5.75 Å². The van der Waals surface area contributed by atoms with Crippen LogP contribution < -0.4 is 4.74 Å². The molecule has 0 spiro atoms. The van der Waals surface area contributed by atoms with E-state index in [9.17, 15) is 0 Å². The van der Waals surface area contributed by atoms with Gasteiger partial charge in [-0.25, -0.2) is 0 Å². The molecule has 20 heavy (non-hydrogen) atoms. The highest BCUT2D eigenvalue weighted by Gasteiger charge is 2.02. The number of para-hydroxylation sites is 1. The molecule has 0 atom stereocenters. The summed E-state index contributed by atoms with van der Waals surface area (Å²) >= 11 is 6.10. The third-order valence-electron chi connectivity index (χ3n) is 2.96. The van der Waals surface area contributed by atoms with Gasteiger partial charge in [0.1, 0.15) is 5.75 Å². The van der Waals surface area contributed by atoms with Crippen LogP contribution in [0, 0.1) is 6.92 Å². The van der Waals surface area contributed by atoms with Crippen LogP contribution in [0.3, 0.4) is 0 Å². The Hall–Kier alpha value is -1.80. The number of rotatable bonds is 5. The molecule has 0 heterocycles. The lowest BCUT2D eigenvalue weighted by Crippen LogP contribution is -1.98. The first-order chi connectivity index (χ1) is 9.72. The molecule has 2 aromatic rings. The number of nitrogens with zero attached hydrogens (tertiary/aromatic N) is 1. The Labute approximate surface area is 125 Å². The van der Waals surface area contributed by atoms with Gasteiger partial charge in [-0.2, -0.15) is 0 Å². The normalized spacial score (nSPS) is 10.9. The zero-order valence-corrected chi connectivity index (χ0v) is 12.5. The van der Waals surface area contributed by atoms with E-state index < -0.39 is 0 Å². The molecular weight excluding hydrogens is 270 g/mol. The van der Waals surface area contributed by atoms with Crippen molar-refractivity contribution >= 4 is 23.5 Å². The van der Waals surface area contributed by atoms with E-state index in [0.717, 1.165) is 34.0 Å². The number of hydrogen-bond acceptors (Lipinski definition) is 2. The Kier molecular flexibility index (Phi) is 5.19. The Morgan fingerprint density at radius 1 is 1.15 bits per heavy atom. The SMILES string of the molecule is CCCOc1ccccc1C=Nc1cccc(Cl)c1C. The average molecular weight is 288 g/mol. The molecule has 0 saturated heterocycles. The van der Waals surface area contributed by atoms with Crippen molar-refractivity contribution in [2.75, 3.05) is 6.61 Å². The standard InChI is InChI=1S/C17H18ClNO/c1-3-11-20-17-10-5-4-7-14(17)12-19-16-9-6-8-15(18)13(16)2/h4-10,12H,3,11H2,1-2H3. The van der Waals surface area contributed by atoms with Crippen LogP contribution >= 0.6 is 11.6 Å². The van der Waals surface area contributed by atoms with E-state index >= 15 is 0 Å². The average Bonchev–Trinajstić information content (AvgIpc) is 2.47. The summed E-state index contributed by atoms with van der Waals surface area (Å²) in [5.41, 5.74) is 2.83. The Morgan fingerprint density at radius 3 is 2.75 bits per heavy atom.